The molecule has 5 rings (SSSR count). The van der Waals surface area contributed by atoms with Crippen LogP contribution in [-0.2, 0) is 15.1 Å². The first kappa shape index (κ1) is 27.6. The molecule has 0 unspecified atom stereocenters. The number of rotatable bonds is 7. The summed E-state index contributed by atoms with van der Waals surface area (Å²) in [5.41, 5.74) is 4.56. The molecule has 6 heteroatoms. The minimum Gasteiger partial charge on any atom is -0.463 e. The van der Waals surface area contributed by atoms with Gasteiger partial charge >= 0.3 is 5.97 Å². The van der Waals surface area contributed by atoms with E-state index >= 15 is 0 Å². The Morgan fingerprint density at radius 3 is 1.85 bits per heavy atom. The summed E-state index contributed by atoms with van der Waals surface area (Å²) in [4.78, 5) is 32.5. The molecule has 0 saturated heterocycles. The van der Waals surface area contributed by atoms with E-state index in [1.165, 1.54) is 4.90 Å². The lowest BCUT2D eigenvalue weighted by molar-refractivity contribution is -0.138. The number of ether oxygens (including phenoxy) is 1. The molecule has 0 aromatic heterocycles. The summed E-state index contributed by atoms with van der Waals surface area (Å²) < 4.78 is 5.43. The number of esters is 1. The zero-order chi connectivity index (χ0) is 28.8. The van der Waals surface area contributed by atoms with Gasteiger partial charge in [-0.3, -0.25) is 4.79 Å². The number of amides is 1. The zero-order valence-corrected chi connectivity index (χ0v) is 23.5. The number of hydrogen-bond acceptors (Lipinski definition) is 5. The highest BCUT2D eigenvalue weighted by Crippen LogP contribution is 2.38. The number of nitrogens with one attached hydrogen (secondary N) is 1. The van der Waals surface area contributed by atoms with Crippen LogP contribution in [0, 0.1) is 0 Å². The van der Waals surface area contributed by atoms with Crippen molar-refractivity contribution < 1.29 is 14.3 Å². The SMILES string of the molecule is CCOC(=O)C1=Cc2ccc(C(=O)N(C)C)cc2N=C(NC(c2ccccc2)(c2ccccc2)c2ccccc2)C1. The van der Waals surface area contributed by atoms with Crippen LogP contribution in [0.5, 0.6) is 0 Å². The molecule has 0 aliphatic carbocycles. The van der Waals surface area contributed by atoms with Crippen molar-refractivity contribution in [1.29, 1.82) is 0 Å². The lowest BCUT2D eigenvalue weighted by atomic mass is 9.76. The van der Waals surface area contributed by atoms with Crippen molar-refractivity contribution in [3.63, 3.8) is 0 Å². The van der Waals surface area contributed by atoms with E-state index in [0.717, 1.165) is 22.3 Å². The van der Waals surface area contributed by atoms with Gasteiger partial charge in [0.15, 0.2) is 0 Å². The summed E-state index contributed by atoms with van der Waals surface area (Å²) >= 11 is 0. The van der Waals surface area contributed by atoms with Crippen molar-refractivity contribution in [3.8, 4) is 0 Å². The van der Waals surface area contributed by atoms with Gasteiger partial charge in [0.05, 0.1) is 12.3 Å². The Bertz CT molecular complexity index is 1500. The van der Waals surface area contributed by atoms with Gasteiger partial charge in [0.1, 0.15) is 11.4 Å². The lowest BCUT2D eigenvalue weighted by Crippen LogP contribution is -2.48. The molecule has 1 aliphatic rings. The summed E-state index contributed by atoms with van der Waals surface area (Å²) in [6, 6.07) is 36.0. The number of amidine groups is 1. The summed E-state index contributed by atoms with van der Waals surface area (Å²) in [7, 11) is 3.44. The highest BCUT2D eigenvalue weighted by Gasteiger charge is 2.38. The maximum atomic E-state index is 13.1. The van der Waals surface area contributed by atoms with Gasteiger partial charge in [0.2, 0.25) is 0 Å². The largest absolute Gasteiger partial charge is 0.463 e. The number of aliphatic imine (C=N–C) groups is 1. The molecular formula is C35H33N3O3. The lowest BCUT2D eigenvalue weighted by Gasteiger charge is -2.38. The van der Waals surface area contributed by atoms with Gasteiger partial charge in [-0.15, -0.1) is 0 Å². The van der Waals surface area contributed by atoms with E-state index < -0.39 is 11.5 Å². The highest BCUT2D eigenvalue weighted by molar-refractivity contribution is 6.05. The maximum Gasteiger partial charge on any atom is 0.334 e. The maximum absolute atomic E-state index is 13.1. The van der Waals surface area contributed by atoms with Gasteiger partial charge in [-0.05, 0) is 41.8 Å². The minimum atomic E-state index is -0.829. The van der Waals surface area contributed by atoms with Crippen molar-refractivity contribution in [2.24, 2.45) is 4.99 Å². The molecule has 0 bridgehead atoms. The van der Waals surface area contributed by atoms with Crippen molar-refractivity contribution in [2.75, 3.05) is 20.7 Å². The molecule has 0 spiro atoms. The zero-order valence-electron chi connectivity index (χ0n) is 23.5. The number of nitrogens with zero attached hydrogens (tertiary/aromatic N) is 2. The second kappa shape index (κ2) is 12.0. The van der Waals surface area contributed by atoms with Gasteiger partial charge < -0.3 is 15.0 Å². The Kier molecular flexibility index (Phi) is 8.11. The third-order valence-electron chi connectivity index (χ3n) is 7.12. The van der Waals surface area contributed by atoms with Crippen molar-refractivity contribution in [1.82, 2.24) is 10.2 Å². The number of carbonyl (C=O) groups is 2. The van der Waals surface area contributed by atoms with Gasteiger partial charge in [-0.25, -0.2) is 9.79 Å². The molecule has 0 radical (unpaired) electrons. The highest BCUT2D eigenvalue weighted by atomic mass is 16.5. The molecule has 0 atom stereocenters. The molecule has 1 N–H and O–H groups in total. The van der Waals surface area contributed by atoms with Gasteiger partial charge in [0, 0.05) is 37.2 Å². The molecular weight excluding hydrogens is 510 g/mol. The molecule has 4 aromatic rings. The fourth-order valence-electron chi connectivity index (χ4n) is 5.18. The normalized spacial score (nSPS) is 12.8. The summed E-state index contributed by atoms with van der Waals surface area (Å²) in [5.74, 6) is 0.0608. The molecule has 1 aliphatic heterocycles. The molecule has 1 amide bonds. The molecule has 206 valence electrons. The Hall–Kier alpha value is -4.97. The standard InChI is InChI=1S/C35H33N3O3/c1-4-41-34(40)27-22-25-20-21-26(33(39)38(2)3)23-31(25)36-32(24-27)37-35(28-14-8-5-9-15-28,29-16-10-6-11-17-29)30-18-12-7-13-19-30/h5-23H,4,24H2,1-3H3,(H,36,37). The van der Waals surface area contributed by atoms with E-state index in [1.54, 1.807) is 33.2 Å². The Morgan fingerprint density at radius 1 is 0.829 bits per heavy atom. The molecule has 6 nitrogen and oxygen atoms in total. The van der Waals surface area contributed by atoms with Crippen molar-refractivity contribution >= 4 is 29.5 Å². The summed E-state index contributed by atoms with van der Waals surface area (Å²) in [5, 5.41) is 3.80. The number of carbonyl (C=O) groups excluding carboxylic acids is 2. The van der Waals surface area contributed by atoms with Crippen LogP contribution < -0.4 is 5.32 Å². The molecule has 0 saturated carbocycles. The van der Waals surface area contributed by atoms with Crippen LogP contribution >= 0.6 is 0 Å². The fraction of sp³-hybridized carbons (Fsp3) is 0.171. The van der Waals surface area contributed by atoms with Crippen LogP contribution in [0.1, 0.15) is 46.0 Å². The first-order chi connectivity index (χ1) is 19.9. The average molecular weight is 544 g/mol. The van der Waals surface area contributed by atoms with Gasteiger partial charge in [-0.1, -0.05) is 97.1 Å². The van der Waals surface area contributed by atoms with Crippen LogP contribution in [-0.4, -0.2) is 43.3 Å². The molecule has 41 heavy (non-hydrogen) atoms. The summed E-state index contributed by atoms with van der Waals surface area (Å²) in [6.07, 6.45) is 2.03. The van der Waals surface area contributed by atoms with E-state index in [2.05, 4.69) is 41.7 Å². The van der Waals surface area contributed by atoms with Gasteiger partial charge in [0.25, 0.3) is 5.91 Å². The molecule has 0 fully saturated rings. The van der Waals surface area contributed by atoms with Crippen LogP contribution in [0.15, 0.2) is 120 Å². The molecule has 4 aromatic carbocycles. The Labute approximate surface area is 241 Å². The van der Waals surface area contributed by atoms with Crippen molar-refractivity contribution in [2.45, 2.75) is 18.9 Å². The first-order valence-corrected chi connectivity index (χ1v) is 13.7. The number of hydrogen-bond donors (Lipinski definition) is 1. The van der Waals surface area contributed by atoms with E-state index in [1.807, 2.05) is 66.7 Å². The van der Waals surface area contributed by atoms with E-state index in [4.69, 9.17) is 9.73 Å². The second-order valence-electron chi connectivity index (χ2n) is 10.1. The predicted molar refractivity (Wildman–Crippen MR) is 163 cm³/mol. The fourth-order valence-corrected chi connectivity index (χ4v) is 5.18. The summed E-state index contributed by atoms with van der Waals surface area (Å²) in [6.45, 7) is 2.06. The monoisotopic (exact) mass is 543 g/mol. The number of benzene rings is 4. The quantitative estimate of drug-likeness (QED) is 0.218. The Morgan fingerprint density at radius 2 is 1.37 bits per heavy atom. The topological polar surface area (TPSA) is 71.0 Å². The van der Waals surface area contributed by atoms with Gasteiger partial charge in [-0.2, -0.15) is 0 Å². The predicted octanol–water partition coefficient (Wildman–Crippen LogP) is 6.35. The van der Waals surface area contributed by atoms with E-state index in [0.29, 0.717) is 22.7 Å². The molecule has 1 heterocycles. The third kappa shape index (κ3) is 5.68. The smallest absolute Gasteiger partial charge is 0.334 e. The van der Waals surface area contributed by atoms with Crippen LogP contribution in [0.3, 0.4) is 0 Å². The van der Waals surface area contributed by atoms with Crippen LogP contribution in [0.25, 0.3) is 6.08 Å². The number of fused-ring (bicyclic) bond motifs is 1. The third-order valence-corrected chi connectivity index (χ3v) is 7.12. The van der Waals surface area contributed by atoms with Crippen molar-refractivity contribution in [3.05, 3.63) is 143 Å². The van der Waals surface area contributed by atoms with E-state index in [9.17, 15) is 9.59 Å². The van der Waals surface area contributed by atoms with E-state index in [-0.39, 0.29) is 18.9 Å². The first-order valence-electron chi connectivity index (χ1n) is 13.7. The Balaban J connectivity index is 1.73. The average Bonchev–Trinajstić information content (AvgIpc) is 3.19. The second-order valence-corrected chi connectivity index (χ2v) is 10.1. The van der Waals surface area contributed by atoms with Crippen LogP contribution in [0.2, 0.25) is 0 Å². The van der Waals surface area contributed by atoms with Crippen LogP contribution in [0.4, 0.5) is 5.69 Å². The minimum absolute atomic E-state index is 0.122.